The Morgan fingerprint density at radius 2 is 1.50 bits per heavy atom. The maximum atomic E-state index is 5.11. The molecular formula is C11H14N4O2S. The maximum Gasteiger partial charge on any atom is 0.174 e. The molecule has 3 rings (SSSR count). The lowest BCUT2D eigenvalue weighted by atomic mass is 10.4. The van der Waals surface area contributed by atoms with E-state index < -0.39 is 0 Å². The lowest BCUT2D eigenvalue weighted by Gasteiger charge is -2.34. The molecule has 0 bridgehead atoms. The van der Waals surface area contributed by atoms with Gasteiger partial charge in [0.05, 0.1) is 18.4 Å². The van der Waals surface area contributed by atoms with Crippen molar-refractivity contribution in [2.24, 2.45) is 0 Å². The molecule has 6 nitrogen and oxygen atoms in total. The largest absolute Gasteiger partial charge is 0.360 e. The first-order valence-electron chi connectivity index (χ1n) is 5.66. The van der Waals surface area contributed by atoms with Gasteiger partial charge < -0.3 is 18.8 Å². The summed E-state index contributed by atoms with van der Waals surface area (Å²) in [5.41, 5.74) is 0. The van der Waals surface area contributed by atoms with Crippen LogP contribution in [-0.4, -0.2) is 28.7 Å². The van der Waals surface area contributed by atoms with E-state index in [0.29, 0.717) is 0 Å². The van der Waals surface area contributed by atoms with Crippen LogP contribution < -0.4 is 9.80 Å². The molecule has 0 saturated carbocycles. The fraction of sp³-hybridized carbons (Fsp3) is 0.455. The Labute approximate surface area is 109 Å². The second-order valence-electron chi connectivity index (χ2n) is 4.27. The van der Waals surface area contributed by atoms with E-state index in [4.69, 9.17) is 9.05 Å². The molecule has 2 aromatic heterocycles. The van der Waals surface area contributed by atoms with Crippen LogP contribution >= 0.6 is 11.8 Å². The fourth-order valence-corrected chi connectivity index (χ4v) is 2.78. The van der Waals surface area contributed by atoms with E-state index in [2.05, 4.69) is 20.1 Å². The molecule has 1 aliphatic heterocycles. The smallest absolute Gasteiger partial charge is 0.174 e. The number of aryl methyl sites for hydroxylation is 2. The summed E-state index contributed by atoms with van der Waals surface area (Å²) in [5, 5.41) is 8.08. The first-order chi connectivity index (χ1) is 8.72. The number of rotatable bonds is 2. The summed E-state index contributed by atoms with van der Waals surface area (Å²) < 4.78 is 10.2. The van der Waals surface area contributed by atoms with Gasteiger partial charge in [-0.1, -0.05) is 10.3 Å². The van der Waals surface area contributed by atoms with Crippen molar-refractivity contribution in [3.63, 3.8) is 0 Å². The van der Waals surface area contributed by atoms with Gasteiger partial charge in [-0.05, 0) is 13.8 Å². The molecule has 0 aromatic carbocycles. The predicted octanol–water partition coefficient (Wildman–Crippen LogP) is 2.21. The molecule has 1 fully saturated rings. The molecule has 2 aromatic rings. The highest BCUT2D eigenvalue weighted by Gasteiger charge is 2.22. The van der Waals surface area contributed by atoms with Gasteiger partial charge in [-0.15, -0.1) is 11.8 Å². The standard InChI is InChI=1S/C11H14N4O2S/c1-8-3-10(12-16-8)14-5-15(7-18-6-14)11-4-9(2)17-13-11/h3-4H,5-7H2,1-2H3. The average Bonchev–Trinajstić information content (AvgIpc) is 2.98. The van der Waals surface area contributed by atoms with Crippen LogP contribution in [0.1, 0.15) is 11.5 Å². The number of thioether (sulfide) groups is 1. The van der Waals surface area contributed by atoms with Crippen LogP contribution in [0.5, 0.6) is 0 Å². The number of hydrogen-bond acceptors (Lipinski definition) is 7. The molecule has 1 aliphatic rings. The normalized spacial score (nSPS) is 16.3. The third kappa shape index (κ3) is 2.17. The van der Waals surface area contributed by atoms with E-state index in [-0.39, 0.29) is 0 Å². The molecule has 1 saturated heterocycles. The molecule has 0 N–H and O–H groups in total. The van der Waals surface area contributed by atoms with Gasteiger partial charge in [0, 0.05) is 12.1 Å². The molecule has 0 amide bonds. The Morgan fingerprint density at radius 3 is 1.89 bits per heavy atom. The van der Waals surface area contributed by atoms with Crippen molar-refractivity contribution in [1.82, 2.24) is 10.3 Å². The zero-order chi connectivity index (χ0) is 12.5. The summed E-state index contributed by atoms with van der Waals surface area (Å²) in [7, 11) is 0. The number of anilines is 2. The van der Waals surface area contributed by atoms with Crippen LogP contribution in [0.25, 0.3) is 0 Å². The Balaban J connectivity index is 1.76. The average molecular weight is 266 g/mol. The number of hydrogen-bond donors (Lipinski definition) is 0. The SMILES string of the molecule is Cc1cc(N2CSCN(c3cc(C)on3)C2)no1. The highest BCUT2D eigenvalue weighted by atomic mass is 32.2. The maximum absolute atomic E-state index is 5.11. The molecule has 3 heterocycles. The van der Waals surface area contributed by atoms with Crippen molar-refractivity contribution in [2.75, 3.05) is 28.2 Å². The molecular weight excluding hydrogens is 252 g/mol. The highest BCUT2D eigenvalue weighted by molar-refractivity contribution is 7.99. The third-order valence-electron chi connectivity index (χ3n) is 2.71. The van der Waals surface area contributed by atoms with E-state index in [1.54, 1.807) is 0 Å². The van der Waals surface area contributed by atoms with Gasteiger partial charge in [-0.2, -0.15) is 0 Å². The van der Waals surface area contributed by atoms with E-state index >= 15 is 0 Å². The van der Waals surface area contributed by atoms with Crippen LogP contribution in [0, 0.1) is 13.8 Å². The summed E-state index contributed by atoms with van der Waals surface area (Å²) in [4.78, 5) is 4.30. The molecule has 0 spiro atoms. The van der Waals surface area contributed by atoms with E-state index in [0.717, 1.165) is 41.6 Å². The van der Waals surface area contributed by atoms with E-state index in [1.165, 1.54) is 0 Å². The van der Waals surface area contributed by atoms with Crippen molar-refractivity contribution in [1.29, 1.82) is 0 Å². The lowest BCUT2D eigenvalue weighted by Crippen LogP contribution is -2.42. The Kier molecular flexibility index (Phi) is 2.91. The van der Waals surface area contributed by atoms with Gasteiger partial charge in [0.15, 0.2) is 11.6 Å². The van der Waals surface area contributed by atoms with Gasteiger partial charge in [-0.25, -0.2) is 0 Å². The predicted molar refractivity (Wildman–Crippen MR) is 69.6 cm³/mol. The number of aromatic nitrogens is 2. The Hall–Kier alpha value is -1.63. The minimum Gasteiger partial charge on any atom is -0.360 e. The van der Waals surface area contributed by atoms with Crippen LogP contribution in [0.3, 0.4) is 0 Å². The highest BCUT2D eigenvalue weighted by Crippen LogP contribution is 2.26. The molecule has 7 heteroatoms. The van der Waals surface area contributed by atoms with Crippen LogP contribution in [0.4, 0.5) is 11.6 Å². The molecule has 0 atom stereocenters. The van der Waals surface area contributed by atoms with Gasteiger partial charge >= 0.3 is 0 Å². The number of nitrogens with zero attached hydrogens (tertiary/aromatic N) is 4. The van der Waals surface area contributed by atoms with Crippen molar-refractivity contribution in [2.45, 2.75) is 13.8 Å². The summed E-state index contributed by atoms with van der Waals surface area (Å²) >= 11 is 1.81. The van der Waals surface area contributed by atoms with E-state index in [1.807, 2.05) is 37.7 Å². The van der Waals surface area contributed by atoms with Crippen LogP contribution in [0.2, 0.25) is 0 Å². The molecule has 18 heavy (non-hydrogen) atoms. The monoisotopic (exact) mass is 266 g/mol. The van der Waals surface area contributed by atoms with Gasteiger partial charge in [0.1, 0.15) is 11.5 Å². The zero-order valence-corrected chi connectivity index (χ0v) is 11.1. The first kappa shape index (κ1) is 11.5. The topological polar surface area (TPSA) is 58.5 Å². The minimum absolute atomic E-state index is 0.741. The molecule has 0 radical (unpaired) electrons. The van der Waals surface area contributed by atoms with Gasteiger partial charge in [0.2, 0.25) is 0 Å². The second-order valence-corrected chi connectivity index (χ2v) is 5.20. The summed E-state index contributed by atoms with van der Waals surface area (Å²) in [6.45, 7) is 4.53. The van der Waals surface area contributed by atoms with Crippen LogP contribution in [0.15, 0.2) is 21.2 Å². The summed E-state index contributed by atoms with van der Waals surface area (Å²) in [5.74, 6) is 5.18. The van der Waals surface area contributed by atoms with Crippen molar-refractivity contribution in [3.05, 3.63) is 23.7 Å². The van der Waals surface area contributed by atoms with Crippen molar-refractivity contribution in [3.8, 4) is 0 Å². The molecule has 0 unspecified atom stereocenters. The molecule has 96 valence electrons. The molecule has 0 aliphatic carbocycles. The van der Waals surface area contributed by atoms with Gasteiger partial charge in [0.25, 0.3) is 0 Å². The lowest BCUT2D eigenvalue weighted by molar-refractivity contribution is 0.395. The Morgan fingerprint density at radius 1 is 1.00 bits per heavy atom. The zero-order valence-electron chi connectivity index (χ0n) is 10.3. The third-order valence-corrected chi connectivity index (χ3v) is 3.70. The quantitative estimate of drug-likeness (QED) is 0.825. The summed E-state index contributed by atoms with van der Waals surface area (Å²) in [6, 6.07) is 3.89. The first-order valence-corrected chi connectivity index (χ1v) is 6.82. The van der Waals surface area contributed by atoms with Crippen molar-refractivity contribution >= 4 is 23.4 Å². The minimum atomic E-state index is 0.741. The van der Waals surface area contributed by atoms with Crippen molar-refractivity contribution < 1.29 is 9.05 Å². The Bertz CT molecular complexity index is 492. The van der Waals surface area contributed by atoms with Gasteiger partial charge in [-0.3, -0.25) is 0 Å². The second kappa shape index (κ2) is 4.56. The van der Waals surface area contributed by atoms with E-state index in [9.17, 15) is 0 Å². The fourth-order valence-electron chi connectivity index (χ4n) is 1.83. The van der Waals surface area contributed by atoms with Crippen LogP contribution in [-0.2, 0) is 0 Å². The summed E-state index contributed by atoms with van der Waals surface area (Å²) in [6.07, 6.45) is 0.